The van der Waals surface area contributed by atoms with E-state index in [-0.39, 0.29) is 11.4 Å². The van der Waals surface area contributed by atoms with Crippen molar-refractivity contribution < 1.29 is 13.2 Å². The number of sulfonamides is 1. The van der Waals surface area contributed by atoms with E-state index >= 15 is 0 Å². The molecule has 0 atom stereocenters. The highest BCUT2D eigenvalue weighted by molar-refractivity contribution is 7.89. The molecule has 0 amide bonds. The predicted octanol–water partition coefficient (Wildman–Crippen LogP) is 0.891. The lowest BCUT2D eigenvalue weighted by Crippen LogP contribution is -2.48. The minimum absolute atomic E-state index is 0.234. The molecule has 0 aliphatic rings. The molecule has 0 saturated carbocycles. The van der Waals surface area contributed by atoms with Gasteiger partial charge in [0.25, 0.3) is 0 Å². The minimum Gasteiger partial charge on any atom is -0.384 e. The van der Waals surface area contributed by atoms with Crippen LogP contribution in [0.1, 0.15) is 19.4 Å². The van der Waals surface area contributed by atoms with Crippen LogP contribution in [0.25, 0.3) is 0 Å². The molecule has 0 saturated heterocycles. The number of hydrogen-bond acceptors (Lipinski definition) is 4. The lowest BCUT2D eigenvalue weighted by Gasteiger charge is -2.23. The van der Waals surface area contributed by atoms with E-state index in [9.17, 15) is 8.42 Å². The third-order valence-electron chi connectivity index (χ3n) is 2.75. The van der Waals surface area contributed by atoms with Gasteiger partial charge in [0, 0.05) is 19.2 Å². The molecule has 6 heteroatoms. The summed E-state index contributed by atoms with van der Waals surface area (Å²) in [5.74, 6) is 0. The Bertz CT molecular complexity index is 495. The molecule has 0 bridgehead atoms. The van der Waals surface area contributed by atoms with Gasteiger partial charge >= 0.3 is 0 Å². The summed E-state index contributed by atoms with van der Waals surface area (Å²) in [5.41, 5.74) is 5.91. The number of benzene rings is 1. The van der Waals surface area contributed by atoms with Crippen molar-refractivity contribution in [3.63, 3.8) is 0 Å². The summed E-state index contributed by atoms with van der Waals surface area (Å²) >= 11 is 0. The van der Waals surface area contributed by atoms with E-state index in [1.54, 1.807) is 45.2 Å². The molecule has 1 rings (SSSR count). The summed E-state index contributed by atoms with van der Waals surface area (Å²) in [4.78, 5) is 0.246. The molecule has 1 aromatic rings. The van der Waals surface area contributed by atoms with Crippen LogP contribution in [0.3, 0.4) is 0 Å². The number of rotatable bonds is 7. The minimum atomic E-state index is -3.53. The first kappa shape index (κ1) is 16.1. The molecule has 0 unspecified atom stereocenters. The number of nitrogens with one attached hydrogen (secondary N) is 1. The van der Waals surface area contributed by atoms with Crippen molar-refractivity contribution in [3.8, 4) is 0 Å². The van der Waals surface area contributed by atoms with Crippen LogP contribution in [-0.2, 0) is 21.2 Å². The molecule has 3 N–H and O–H groups in total. The number of ether oxygens (including phenoxy) is 1. The largest absolute Gasteiger partial charge is 0.384 e. The number of nitrogens with two attached hydrogens (primary N) is 1. The second-order valence-electron chi connectivity index (χ2n) is 5.08. The summed E-state index contributed by atoms with van der Waals surface area (Å²) in [6.45, 7) is 4.34. The maximum absolute atomic E-state index is 12.1. The first-order chi connectivity index (χ1) is 8.80. The van der Waals surface area contributed by atoms with Gasteiger partial charge in [-0.1, -0.05) is 12.1 Å². The lowest BCUT2D eigenvalue weighted by atomic mass is 10.1. The zero-order valence-corrected chi connectivity index (χ0v) is 12.5. The van der Waals surface area contributed by atoms with Crippen LogP contribution in [0.4, 0.5) is 0 Å². The lowest BCUT2D eigenvalue weighted by molar-refractivity contribution is 0.202. The van der Waals surface area contributed by atoms with Crippen molar-refractivity contribution in [2.24, 2.45) is 5.73 Å². The van der Waals surface area contributed by atoms with Crippen LogP contribution in [0.5, 0.6) is 0 Å². The molecule has 0 heterocycles. The smallest absolute Gasteiger partial charge is 0.241 e. The molecule has 5 nitrogen and oxygen atoms in total. The van der Waals surface area contributed by atoms with Crippen molar-refractivity contribution in [1.82, 2.24) is 4.72 Å². The Morgan fingerprint density at radius 1 is 1.26 bits per heavy atom. The summed E-state index contributed by atoms with van der Waals surface area (Å²) in [5, 5.41) is 0. The van der Waals surface area contributed by atoms with Gasteiger partial charge in [-0.25, -0.2) is 13.1 Å². The molecule has 19 heavy (non-hydrogen) atoms. The second-order valence-corrected chi connectivity index (χ2v) is 6.76. The van der Waals surface area contributed by atoms with Gasteiger partial charge in [-0.15, -0.1) is 0 Å². The highest BCUT2D eigenvalue weighted by Gasteiger charge is 2.24. The Balaban J connectivity index is 2.85. The van der Waals surface area contributed by atoms with E-state index in [0.717, 1.165) is 12.0 Å². The molecule has 1 aromatic carbocycles. The fourth-order valence-electron chi connectivity index (χ4n) is 1.52. The molecule has 0 fully saturated rings. The van der Waals surface area contributed by atoms with Gasteiger partial charge in [-0.2, -0.15) is 0 Å². The first-order valence-corrected chi connectivity index (χ1v) is 7.61. The second kappa shape index (κ2) is 6.47. The molecular weight excluding hydrogens is 264 g/mol. The Labute approximate surface area is 115 Å². The van der Waals surface area contributed by atoms with Crippen molar-refractivity contribution in [1.29, 1.82) is 0 Å². The maximum Gasteiger partial charge on any atom is 0.241 e. The zero-order chi connectivity index (χ0) is 14.5. The fourth-order valence-corrected chi connectivity index (χ4v) is 2.94. The molecular formula is C13H22N2O3S. The molecule has 0 radical (unpaired) electrons. The van der Waals surface area contributed by atoms with Crippen molar-refractivity contribution in [2.45, 2.75) is 30.7 Å². The Morgan fingerprint density at radius 2 is 1.84 bits per heavy atom. The van der Waals surface area contributed by atoms with E-state index in [1.807, 2.05) is 0 Å². The van der Waals surface area contributed by atoms with Crippen LogP contribution >= 0.6 is 0 Å². The SMILES string of the molecule is COCCc1ccc(S(=O)(=O)NC(C)(C)CN)cc1. The van der Waals surface area contributed by atoms with Crippen LogP contribution in [0, 0.1) is 0 Å². The van der Waals surface area contributed by atoms with Gasteiger partial charge in [0.05, 0.1) is 11.5 Å². The van der Waals surface area contributed by atoms with E-state index in [1.165, 1.54) is 0 Å². The average Bonchev–Trinajstić information content (AvgIpc) is 2.35. The Kier molecular flexibility index (Phi) is 5.49. The third kappa shape index (κ3) is 4.91. The van der Waals surface area contributed by atoms with Gasteiger partial charge in [0.15, 0.2) is 0 Å². The quantitative estimate of drug-likeness (QED) is 0.780. The van der Waals surface area contributed by atoms with Gasteiger partial charge in [-0.3, -0.25) is 0 Å². The van der Waals surface area contributed by atoms with Crippen LogP contribution in [0.2, 0.25) is 0 Å². The average molecular weight is 286 g/mol. The van der Waals surface area contributed by atoms with E-state index < -0.39 is 15.6 Å². The number of hydrogen-bond donors (Lipinski definition) is 2. The highest BCUT2D eigenvalue weighted by atomic mass is 32.2. The first-order valence-electron chi connectivity index (χ1n) is 6.13. The van der Waals surface area contributed by atoms with Crippen LogP contribution < -0.4 is 10.5 Å². The van der Waals surface area contributed by atoms with Gasteiger partial charge in [0.1, 0.15) is 0 Å². The molecule has 0 aromatic heterocycles. The van der Waals surface area contributed by atoms with E-state index in [2.05, 4.69) is 4.72 Å². The predicted molar refractivity (Wildman–Crippen MR) is 75.5 cm³/mol. The van der Waals surface area contributed by atoms with Crippen molar-refractivity contribution in [2.75, 3.05) is 20.3 Å². The summed E-state index contributed by atoms with van der Waals surface area (Å²) in [6, 6.07) is 6.78. The van der Waals surface area contributed by atoms with Crippen molar-refractivity contribution in [3.05, 3.63) is 29.8 Å². The van der Waals surface area contributed by atoms with Gasteiger partial charge in [0.2, 0.25) is 10.0 Å². The Hall–Kier alpha value is -0.950. The van der Waals surface area contributed by atoms with Crippen LogP contribution in [-0.4, -0.2) is 34.2 Å². The number of methoxy groups -OCH3 is 1. The van der Waals surface area contributed by atoms with Gasteiger partial charge in [-0.05, 0) is 38.0 Å². The standard InChI is InChI=1S/C13H22N2O3S/c1-13(2,10-14)15-19(16,17)12-6-4-11(5-7-12)8-9-18-3/h4-7,15H,8-10,14H2,1-3H3. The summed E-state index contributed by atoms with van der Waals surface area (Å²) in [7, 11) is -1.89. The summed E-state index contributed by atoms with van der Waals surface area (Å²) in [6.07, 6.45) is 0.762. The summed E-state index contributed by atoms with van der Waals surface area (Å²) < 4.78 is 31.8. The molecule has 0 aliphatic heterocycles. The highest BCUT2D eigenvalue weighted by Crippen LogP contribution is 2.14. The molecule has 0 spiro atoms. The normalized spacial score (nSPS) is 12.6. The third-order valence-corrected chi connectivity index (χ3v) is 4.46. The Morgan fingerprint density at radius 3 is 2.32 bits per heavy atom. The van der Waals surface area contributed by atoms with Crippen LogP contribution in [0.15, 0.2) is 29.2 Å². The van der Waals surface area contributed by atoms with E-state index in [0.29, 0.717) is 6.61 Å². The van der Waals surface area contributed by atoms with Gasteiger partial charge < -0.3 is 10.5 Å². The van der Waals surface area contributed by atoms with E-state index in [4.69, 9.17) is 10.5 Å². The molecule has 0 aliphatic carbocycles. The topological polar surface area (TPSA) is 81.4 Å². The fraction of sp³-hybridized carbons (Fsp3) is 0.538. The van der Waals surface area contributed by atoms with Crippen molar-refractivity contribution >= 4 is 10.0 Å². The monoisotopic (exact) mass is 286 g/mol. The zero-order valence-electron chi connectivity index (χ0n) is 11.6. The molecule has 108 valence electrons. The maximum atomic E-state index is 12.1.